The third-order valence-corrected chi connectivity index (χ3v) is 3.86. The molecule has 1 aliphatic carbocycles. The second-order valence-electron chi connectivity index (χ2n) is 5.39. The van der Waals surface area contributed by atoms with Crippen molar-refractivity contribution in [3.8, 4) is 0 Å². The lowest BCUT2D eigenvalue weighted by Crippen LogP contribution is -2.41. The van der Waals surface area contributed by atoms with Crippen molar-refractivity contribution in [2.24, 2.45) is 5.92 Å². The van der Waals surface area contributed by atoms with Gasteiger partial charge in [0.2, 0.25) is 5.91 Å². The van der Waals surface area contributed by atoms with E-state index in [4.69, 9.17) is 9.47 Å². The molecule has 7 heteroatoms. The molecule has 1 aromatic heterocycles. The minimum absolute atomic E-state index is 0.00755. The molecule has 2 rings (SSSR count). The average Bonchev–Trinajstić information content (AvgIpc) is 2.93. The van der Waals surface area contributed by atoms with E-state index in [0.717, 1.165) is 11.4 Å². The van der Waals surface area contributed by atoms with Crippen molar-refractivity contribution >= 4 is 5.91 Å². The Morgan fingerprint density at radius 3 is 3.05 bits per heavy atom. The number of aromatic amines is 1. The monoisotopic (exact) mass is 297 g/mol. The molecular formula is C14H23N3O4. The SMILES string of the molecule is COCc1cc(CNC(=O)[C@@H]2CC[C@H](O)[C@H](OC)C2)[nH]n1. The number of hydrogen-bond acceptors (Lipinski definition) is 5. The fourth-order valence-electron chi connectivity index (χ4n) is 2.65. The van der Waals surface area contributed by atoms with Crippen molar-refractivity contribution in [3.63, 3.8) is 0 Å². The first kappa shape index (κ1) is 15.9. The van der Waals surface area contributed by atoms with Crippen LogP contribution in [0.25, 0.3) is 0 Å². The van der Waals surface area contributed by atoms with Crippen LogP contribution in [0, 0.1) is 5.92 Å². The zero-order chi connectivity index (χ0) is 15.2. The summed E-state index contributed by atoms with van der Waals surface area (Å²) in [4.78, 5) is 12.2. The quantitative estimate of drug-likeness (QED) is 0.704. The zero-order valence-electron chi connectivity index (χ0n) is 12.5. The van der Waals surface area contributed by atoms with Gasteiger partial charge in [0.25, 0.3) is 0 Å². The number of carbonyl (C=O) groups excluding carboxylic acids is 1. The molecule has 1 amide bonds. The summed E-state index contributed by atoms with van der Waals surface area (Å²) < 4.78 is 10.2. The number of nitrogens with one attached hydrogen (secondary N) is 2. The van der Waals surface area contributed by atoms with Crippen LogP contribution in [0.15, 0.2) is 6.07 Å². The van der Waals surface area contributed by atoms with Crippen LogP contribution in [-0.2, 0) is 27.4 Å². The first-order chi connectivity index (χ1) is 10.1. The molecule has 0 aromatic carbocycles. The van der Waals surface area contributed by atoms with Gasteiger partial charge in [-0.25, -0.2) is 0 Å². The van der Waals surface area contributed by atoms with Gasteiger partial charge in [-0.3, -0.25) is 9.89 Å². The lowest BCUT2D eigenvalue weighted by molar-refractivity contribution is -0.130. The van der Waals surface area contributed by atoms with E-state index < -0.39 is 6.10 Å². The molecular weight excluding hydrogens is 274 g/mol. The minimum atomic E-state index is -0.469. The maximum atomic E-state index is 12.2. The van der Waals surface area contributed by atoms with Gasteiger partial charge >= 0.3 is 0 Å². The summed E-state index contributed by atoms with van der Waals surface area (Å²) >= 11 is 0. The number of aromatic nitrogens is 2. The highest BCUT2D eigenvalue weighted by molar-refractivity contribution is 5.78. The molecule has 0 spiro atoms. The molecule has 21 heavy (non-hydrogen) atoms. The number of H-pyrrole nitrogens is 1. The molecule has 7 nitrogen and oxygen atoms in total. The molecule has 0 radical (unpaired) electrons. The number of carbonyl (C=O) groups is 1. The molecule has 0 aliphatic heterocycles. The zero-order valence-corrected chi connectivity index (χ0v) is 12.5. The Morgan fingerprint density at radius 2 is 2.33 bits per heavy atom. The van der Waals surface area contributed by atoms with Gasteiger partial charge in [-0.2, -0.15) is 5.10 Å². The topological polar surface area (TPSA) is 96.5 Å². The first-order valence-corrected chi connectivity index (χ1v) is 7.14. The van der Waals surface area contributed by atoms with E-state index in [0.29, 0.717) is 32.4 Å². The van der Waals surface area contributed by atoms with E-state index in [1.807, 2.05) is 6.07 Å². The van der Waals surface area contributed by atoms with Crippen molar-refractivity contribution in [2.75, 3.05) is 14.2 Å². The summed E-state index contributed by atoms with van der Waals surface area (Å²) in [7, 11) is 3.18. The van der Waals surface area contributed by atoms with E-state index in [2.05, 4.69) is 15.5 Å². The number of aliphatic hydroxyl groups is 1. The number of aliphatic hydroxyl groups excluding tert-OH is 1. The largest absolute Gasteiger partial charge is 0.390 e. The van der Waals surface area contributed by atoms with Crippen LogP contribution >= 0.6 is 0 Å². The van der Waals surface area contributed by atoms with E-state index in [1.54, 1.807) is 14.2 Å². The van der Waals surface area contributed by atoms with Gasteiger partial charge in [0.15, 0.2) is 0 Å². The highest BCUT2D eigenvalue weighted by atomic mass is 16.5. The van der Waals surface area contributed by atoms with Crippen LogP contribution in [0.5, 0.6) is 0 Å². The van der Waals surface area contributed by atoms with Crippen LogP contribution in [0.4, 0.5) is 0 Å². The summed E-state index contributed by atoms with van der Waals surface area (Å²) in [5.41, 5.74) is 1.65. The van der Waals surface area contributed by atoms with Crippen molar-refractivity contribution < 1.29 is 19.4 Å². The van der Waals surface area contributed by atoms with Gasteiger partial charge < -0.3 is 19.9 Å². The molecule has 1 heterocycles. The molecule has 0 bridgehead atoms. The lowest BCUT2D eigenvalue weighted by Gasteiger charge is -2.31. The first-order valence-electron chi connectivity index (χ1n) is 7.14. The van der Waals surface area contributed by atoms with Crippen molar-refractivity contribution in [1.29, 1.82) is 0 Å². The Bertz CT molecular complexity index is 463. The Kier molecular flexibility index (Phi) is 5.72. The molecule has 0 unspecified atom stereocenters. The Balaban J connectivity index is 1.81. The Hall–Kier alpha value is -1.44. The van der Waals surface area contributed by atoms with E-state index in [1.165, 1.54) is 0 Å². The molecule has 1 fully saturated rings. The van der Waals surface area contributed by atoms with E-state index >= 15 is 0 Å². The second kappa shape index (κ2) is 7.53. The number of nitrogens with zero attached hydrogens (tertiary/aromatic N) is 1. The normalized spacial score (nSPS) is 25.8. The maximum Gasteiger partial charge on any atom is 0.223 e. The number of ether oxygens (including phenoxy) is 2. The summed E-state index contributed by atoms with van der Waals surface area (Å²) in [5, 5.41) is 19.6. The standard InChI is InChI=1S/C14H23N3O4/c1-20-8-11-6-10(16-17-11)7-15-14(19)9-3-4-12(18)13(5-9)21-2/h6,9,12-13,18H,3-5,7-8H2,1-2H3,(H,15,19)(H,16,17)/t9-,12+,13-/m1/s1. The Labute approximate surface area is 124 Å². The van der Waals surface area contributed by atoms with Crippen molar-refractivity contribution in [3.05, 3.63) is 17.5 Å². The van der Waals surface area contributed by atoms with Crippen LogP contribution in [0.3, 0.4) is 0 Å². The van der Waals surface area contributed by atoms with Gasteiger partial charge in [-0.05, 0) is 25.3 Å². The van der Waals surface area contributed by atoms with Crippen LogP contribution < -0.4 is 5.32 Å². The number of amides is 1. The molecule has 1 aromatic rings. The van der Waals surface area contributed by atoms with Crippen LogP contribution in [0.1, 0.15) is 30.7 Å². The molecule has 0 saturated heterocycles. The third-order valence-electron chi connectivity index (χ3n) is 3.86. The fourth-order valence-corrected chi connectivity index (χ4v) is 2.65. The fraction of sp³-hybridized carbons (Fsp3) is 0.714. The van der Waals surface area contributed by atoms with E-state index in [9.17, 15) is 9.90 Å². The maximum absolute atomic E-state index is 12.2. The molecule has 1 aliphatic rings. The van der Waals surface area contributed by atoms with Crippen LogP contribution in [0.2, 0.25) is 0 Å². The predicted molar refractivity (Wildman–Crippen MR) is 75.3 cm³/mol. The summed E-state index contributed by atoms with van der Waals surface area (Å²) in [6.45, 7) is 0.854. The molecule has 1 saturated carbocycles. The van der Waals surface area contributed by atoms with Gasteiger partial charge in [0, 0.05) is 20.1 Å². The summed E-state index contributed by atoms with van der Waals surface area (Å²) in [6, 6.07) is 1.87. The Morgan fingerprint density at radius 1 is 1.52 bits per heavy atom. The van der Waals surface area contributed by atoms with Crippen LogP contribution in [-0.4, -0.2) is 47.6 Å². The highest BCUT2D eigenvalue weighted by Gasteiger charge is 2.32. The van der Waals surface area contributed by atoms with Gasteiger partial charge in [-0.1, -0.05) is 0 Å². The lowest BCUT2D eigenvalue weighted by atomic mass is 9.84. The number of methoxy groups -OCH3 is 2. The van der Waals surface area contributed by atoms with E-state index in [-0.39, 0.29) is 17.9 Å². The molecule has 118 valence electrons. The smallest absolute Gasteiger partial charge is 0.223 e. The van der Waals surface area contributed by atoms with Gasteiger partial charge in [0.05, 0.1) is 36.7 Å². The third kappa shape index (κ3) is 4.26. The number of hydrogen-bond donors (Lipinski definition) is 3. The number of rotatable bonds is 6. The molecule has 3 N–H and O–H groups in total. The summed E-state index contributed by atoms with van der Waals surface area (Å²) in [5.74, 6) is -0.119. The highest BCUT2D eigenvalue weighted by Crippen LogP contribution is 2.26. The second-order valence-corrected chi connectivity index (χ2v) is 5.39. The average molecular weight is 297 g/mol. The molecule has 3 atom stereocenters. The van der Waals surface area contributed by atoms with Crippen molar-refractivity contribution in [2.45, 2.75) is 44.6 Å². The minimum Gasteiger partial charge on any atom is -0.390 e. The van der Waals surface area contributed by atoms with Gasteiger partial charge in [0.1, 0.15) is 0 Å². The van der Waals surface area contributed by atoms with Gasteiger partial charge in [-0.15, -0.1) is 0 Å². The predicted octanol–water partition coefficient (Wildman–Crippen LogP) is 0.348. The summed E-state index contributed by atoms with van der Waals surface area (Å²) in [6.07, 6.45) is 1.11. The van der Waals surface area contributed by atoms with Crippen molar-refractivity contribution in [1.82, 2.24) is 15.5 Å².